The van der Waals surface area contributed by atoms with Crippen LogP contribution in [0.5, 0.6) is 0 Å². The van der Waals surface area contributed by atoms with Crippen molar-refractivity contribution in [3.63, 3.8) is 0 Å². The highest BCUT2D eigenvalue weighted by molar-refractivity contribution is 6.30. The van der Waals surface area contributed by atoms with Crippen molar-refractivity contribution >= 4 is 28.9 Å². The van der Waals surface area contributed by atoms with E-state index in [4.69, 9.17) is 27.9 Å². The molecule has 0 aliphatic carbocycles. The summed E-state index contributed by atoms with van der Waals surface area (Å²) in [5.41, 5.74) is 1.03. The lowest BCUT2D eigenvalue weighted by Gasteiger charge is -2.28. The second kappa shape index (κ2) is 5.06. The van der Waals surface area contributed by atoms with Crippen molar-refractivity contribution in [2.75, 3.05) is 11.9 Å². The maximum Gasteiger partial charge on any atom is 0.103 e. The predicted octanol–water partition coefficient (Wildman–Crippen LogP) is 3.31. The molecule has 81 valence electrons. The van der Waals surface area contributed by atoms with Crippen LogP contribution in [0, 0.1) is 6.61 Å². The van der Waals surface area contributed by atoms with E-state index < -0.39 is 0 Å². The van der Waals surface area contributed by atoms with Crippen LogP contribution >= 0.6 is 23.2 Å². The van der Waals surface area contributed by atoms with Gasteiger partial charge >= 0.3 is 0 Å². The first-order valence-electron chi connectivity index (χ1n) is 4.87. The summed E-state index contributed by atoms with van der Waals surface area (Å²) in [6, 6.07) is 7.83. The van der Waals surface area contributed by atoms with E-state index >= 15 is 0 Å². The van der Waals surface area contributed by atoms with Gasteiger partial charge in [-0.2, -0.15) is 0 Å². The summed E-state index contributed by atoms with van der Waals surface area (Å²) in [6.45, 7) is 2.40. The van der Waals surface area contributed by atoms with E-state index in [-0.39, 0.29) is 11.4 Å². The van der Waals surface area contributed by atoms with Crippen LogP contribution in [0.1, 0.15) is 6.42 Å². The molecule has 2 unspecified atom stereocenters. The molecule has 1 aromatic carbocycles. The Kier molecular flexibility index (Phi) is 3.73. The third kappa shape index (κ3) is 3.00. The zero-order chi connectivity index (χ0) is 10.7. The number of benzene rings is 1. The number of ether oxygens (including phenoxy) is 1. The lowest BCUT2D eigenvalue weighted by Crippen LogP contribution is -2.35. The smallest absolute Gasteiger partial charge is 0.103 e. The predicted molar refractivity (Wildman–Crippen MR) is 63.4 cm³/mol. The van der Waals surface area contributed by atoms with Crippen LogP contribution in [-0.4, -0.2) is 18.0 Å². The first-order chi connectivity index (χ1) is 7.25. The van der Waals surface area contributed by atoms with Crippen LogP contribution in [0.4, 0.5) is 5.69 Å². The van der Waals surface area contributed by atoms with Gasteiger partial charge in [-0.25, -0.2) is 0 Å². The Bertz CT molecular complexity index is 315. The van der Waals surface area contributed by atoms with Gasteiger partial charge in [-0.1, -0.05) is 11.6 Å². The normalized spacial score (nSPS) is 26.3. The Morgan fingerprint density at radius 2 is 2.00 bits per heavy atom. The highest BCUT2D eigenvalue weighted by Gasteiger charge is 2.23. The molecule has 2 nitrogen and oxygen atoms in total. The Balaban J connectivity index is 1.98. The first-order valence-corrected chi connectivity index (χ1v) is 5.68. The van der Waals surface area contributed by atoms with Gasteiger partial charge in [0.05, 0.1) is 5.38 Å². The Morgan fingerprint density at radius 3 is 2.67 bits per heavy atom. The molecule has 0 amide bonds. The molecule has 1 saturated heterocycles. The van der Waals surface area contributed by atoms with E-state index in [1.54, 1.807) is 6.61 Å². The summed E-state index contributed by atoms with van der Waals surface area (Å²) in [6.07, 6.45) is 0.910. The molecule has 1 N–H and O–H groups in total. The number of anilines is 1. The van der Waals surface area contributed by atoms with Gasteiger partial charge in [-0.3, -0.25) is 0 Å². The van der Waals surface area contributed by atoms with Crippen LogP contribution < -0.4 is 5.32 Å². The molecule has 2 atom stereocenters. The maximum atomic E-state index is 6.09. The Morgan fingerprint density at radius 1 is 1.27 bits per heavy atom. The van der Waals surface area contributed by atoms with Crippen LogP contribution in [0.25, 0.3) is 0 Å². The second-order valence-corrected chi connectivity index (χ2v) is 4.44. The quantitative estimate of drug-likeness (QED) is 0.807. The molecule has 1 aliphatic heterocycles. The van der Waals surface area contributed by atoms with E-state index in [0.717, 1.165) is 17.1 Å². The fraction of sp³-hybridized carbons (Fsp3) is 0.364. The summed E-state index contributed by atoms with van der Waals surface area (Å²) in [4.78, 5) is 0. The van der Waals surface area contributed by atoms with Gasteiger partial charge < -0.3 is 10.1 Å². The van der Waals surface area contributed by atoms with Crippen LogP contribution in [-0.2, 0) is 4.74 Å². The molecule has 2 rings (SSSR count). The molecule has 4 heteroatoms. The fourth-order valence-corrected chi connectivity index (χ4v) is 1.91. The molecule has 1 heterocycles. The van der Waals surface area contributed by atoms with Gasteiger partial charge in [-0.05, 0) is 30.7 Å². The summed E-state index contributed by atoms with van der Waals surface area (Å²) < 4.78 is 5.15. The average Bonchev–Trinajstić information content (AvgIpc) is 2.25. The largest absolute Gasteiger partial charge is 0.381 e. The molecule has 1 aliphatic rings. The van der Waals surface area contributed by atoms with Gasteiger partial charge in [0, 0.05) is 23.4 Å². The molecule has 0 spiro atoms. The minimum Gasteiger partial charge on any atom is -0.381 e. The van der Waals surface area contributed by atoms with E-state index in [1.165, 1.54) is 0 Å². The number of rotatable bonds is 2. The average molecular weight is 245 g/mol. The molecule has 15 heavy (non-hydrogen) atoms. The number of hydrogen-bond donors (Lipinski definition) is 1. The van der Waals surface area contributed by atoms with Crippen molar-refractivity contribution < 1.29 is 4.74 Å². The first kappa shape index (κ1) is 11.1. The van der Waals surface area contributed by atoms with E-state index in [2.05, 4.69) is 5.32 Å². The molecule has 1 radical (unpaired) electrons. The lowest BCUT2D eigenvalue weighted by atomic mass is 10.1. The van der Waals surface area contributed by atoms with Crippen molar-refractivity contribution in [3.05, 3.63) is 35.9 Å². The van der Waals surface area contributed by atoms with E-state index in [9.17, 15) is 0 Å². The Labute approximate surface area is 99.5 Å². The van der Waals surface area contributed by atoms with E-state index in [0.29, 0.717) is 6.61 Å². The number of halogens is 2. The lowest BCUT2D eigenvalue weighted by molar-refractivity contribution is 0.151. The van der Waals surface area contributed by atoms with Crippen molar-refractivity contribution in [2.24, 2.45) is 0 Å². The van der Waals surface area contributed by atoms with Crippen LogP contribution in [0.3, 0.4) is 0 Å². The third-order valence-electron chi connectivity index (χ3n) is 2.35. The number of alkyl halides is 1. The molecular formula is C11H12Cl2NO. The highest BCUT2D eigenvalue weighted by atomic mass is 35.5. The fourth-order valence-electron chi connectivity index (χ4n) is 1.52. The summed E-state index contributed by atoms with van der Waals surface area (Å²) >= 11 is 11.9. The Hall–Kier alpha value is -0.440. The minimum atomic E-state index is -0.0885. The summed E-state index contributed by atoms with van der Waals surface area (Å²) in [7, 11) is 0. The molecule has 0 aromatic heterocycles. The van der Waals surface area contributed by atoms with Crippen molar-refractivity contribution in [1.82, 2.24) is 0 Å². The molecule has 1 aromatic rings. The van der Waals surface area contributed by atoms with Gasteiger partial charge in [0.1, 0.15) is 6.61 Å². The zero-order valence-corrected chi connectivity index (χ0v) is 9.63. The third-order valence-corrected chi connectivity index (χ3v) is 3.01. The SMILES string of the molecule is Clc1ccc(NC2CCO[CH]C2Cl)cc1. The number of hydrogen-bond acceptors (Lipinski definition) is 2. The molecular weight excluding hydrogens is 233 g/mol. The monoisotopic (exact) mass is 244 g/mol. The van der Waals surface area contributed by atoms with Crippen molar-refractivity contribution in [1.29, 1.82) is 0 Å². The number of nitrogens with one attached hydrogen (secondary N) is 1. The van der Waals surface area contributed by atoms with E-state index in [1.807, 2.05) is 24.3 Å². The molecule has 1 fully saturated rings. The highest BCUT2D eigenvalue weighted by Crippen LogP contribution is 2.22. The molecule has 0 saturated carbocycles. The van der Waals surface area contributed by atoms with Crippen LogP contribution in [0.15, 0.2) is 24.3 Å². The van der Waals surface area contributed by atoms with Gasteiger partial charge in [0.2, 0.25) is 0 Å². The van der Waals surface area contributed by atoms with Gasteiger partial charge in [-0.15, -0.1) is 11.6 Å². The standard InChI is InChI=1S/C11H12Cl2NO/c12-8-1-3-9(4-2-8)14-11-5-6-15-7-10(11)13/h1-4,7,10-11,14H,5-6H2. The summed E-state index contributed by atoms with van der Waals surface area (Å²) in [5.74, 6) is 0. The topological polar surface area (TPSA) is 21.3 Å². The zero-order valence-electron chi connectivity index (χ0n) is 8.12. The van der Waals surface area contributed by atoms with Crippen molar-refractivity contribution in [2.45, 2.75) is 17.8 Å². The van der Waals surface area contributed by atoms with Gasteiger partial charge in [0.25, 0.3) is 0 Å². The summed E-state index contributed by atoms with van der Waals surface area (Å²) in [5, 5.41) is 4.01. The second-order valence-electron chi connectivity index (χ2n) is 3.50. The maximum absolute atomic E-state index is 6.09. The van der Waals surface area contributed by atoms with Crippen molar-refractivity contribution in [3.8, 4) is 0 Å². The minimum absolute atomic E-state index is 0.0885. The van der Waals surface area contributed by atoms with Gasteiger partial charge in [0.15, 0.2) is 0 Å². The molecule has 0 bridgehead atoms. The van der Waals surface area contributed by atoms with Crippen LogP contribution in [0.2, 0.25) is 5.02 Å².